The Labute approximate surface area is 156 Å². The molecule has 0 aliphatic carbocycles. The lowest BCUT2D eigenvalue weighted by Gasteiger charge is -2.36. The first-order chi connectivity index (χ1) is 12.9. The van der Waals surface area contributed by atoms with Crippen LogP contribution < -0.4 is 10.5 Å². The molecule has 0 unspecified atom stereocenters. The summed E-state index contributed by atoms with van der Waals surface area (Å²) in [6.45, 7) is 4.98. The van der Waals surface area contributed by atoms with Gasteiger partial charge in [0.05, 0.1) is 24.9 Å². The number of carbonyl (C=O) groups excluding carboxylic acids is 1. The molecule has 1 fully saturated rings. The quantitative estimate of drug-likeness (QED) is 0.459. The van der Waals surface area contributed by atoms with E-state index >= 15 is 0 Å². The van der Waals surface area contributed by atoms with Gasteiger partial charge in [-0.25, -0.2) is 9.78 Å². The van der Waals surface area contributed by atoms with E-state index in [1.807, 2.05) is 18.7 Å². The average Bonchev–Trinajstić information content (AvgIpc) is 2.66. The maximum absolute atomic E-state index is 13.1. The molecule has 0 radical (unpaired) electrons. The van der Waals surface area contributed by atoms with Crippen molar-refractivity contribution in [3.63, 3.8) is 0 Å². The molecule has 2 atom stereocenters. The van der Waals surface area contributed by atoms with Crippen LogP contribution in [0.15, 0.2) is 34.8 Å². The molecule has 0 aromatic carbocycles. The summed E-state index contributed by atoms with van der Waals surface area (Å²) in [7, 11) is 1.19. The van der Waals surface area contributed by atoms with Crippen LogP contribution >= 0.6 is 0 Å². The van der Waals surface area contributed by atoms with Crippen molar-refractivity contribution in [3.8, 4) is 6.07 Å². The summed E-state index contributed by atoms with van der Waals surface area (Å²) in [4.78, 5) is 31.5. The summed E-state index contributed by atoms with van der Waals surface area (Å²) in [6.07, 6.45) is 2.76. The number of pyridine rings is 1. The van der Waals surface area contributed by atoms with Gasteiger partial charge >= 0.3 is 5.97 Å². The fourth-order valence-corrected chi connectivity index (χ4v) is 3.20. The minimum atomic E-state index is -0.801. The van der Waals surface area contributed by atoms with Gasteiger partial charge in [0.1, 0.15) is 23.1 Å². The number of nitriles is 1. The van der Waals surface area contributed by atoms with E-state index in [2.05, 4.69) is 9.72 Å². The number of anilines is 1. The molecule has 8 nitrogen and oxygen atoms in total. The molecule has 0 amide bonds. The molecule has 8 heteroatoms. The van der Waals surface area contributed by atoms with E-state index in [0.29, 0.717) is 24.6 Å². The van der Waals surface area contributed by atoms with Gasteiger partial charge in [-0.2, -0.15) is 5.26 Å². The van der Waals surface area contributed by atoms with Crippen LogP contribution in [0.4, 0.5) is 5.82 Å². The lowest BCUT2D eigenvalue weighted by Crippen LogP contribution is -2.46. The number of ether oxygens (including phenoxy) is 2. The standard InChI is InChI=1S/C19H20N4O4/c1-12-10-22(11-13(2)27-12)17-15(8-14(9-20)19(25)26-3)18(24)23-7-5-4-6-16(23)21-17/h4-8,12-13H,10-11H2,1-3H3/b14-8+/t12-,13-/m0/s1. The fourth-order valence-electron chi connectivity index (χ4n) is 3.20. The van der Waals surface area contributed by atoms with Crippen LogP contribution in [0, 0.1) is 11.3 Å². The van der Waals surface area contributed by atoms with Gasteiger partial charge < -0.3 is 14.4 Å². The molecular formula is C19H20N4O4. The smallest absolute Gasteiger partial charge is 0.348 e. The summed E-state index contributed by atoms with van der Waals surface area (Å²) in [6, 6.07) is 7.03. The summed E-state index contributed by atoms with van der Waals surface area (Å²) in [5, 5.41) is 9.30. The normalized spacial score (nSPS) is 20.4. The monoisotopic (exact) mass is 368 g/mol. The molecule has 3 rings (SSSR count). The SMILES string of the molecule is COC(=O)/C(C#N)=C/c1c(N2C[C@H](C)O[C@@H](C)C2)nc2ccccn2c1=O. The van der Waals surface area contributed by atoms with Gasteiger partial charge in [-0.15, -0.1) is 0 Å². The third-order valence-electron chi connectivity index (χ3n) is 4.28. The summed E-state index contributed by atoms with van der Waals surface area (Å²) in [5.74, 6) is -0.380. The molecule has 0 spiro atoms. The van der Waals surface area contributed by atoms with Crippen molar-refractivity contribution in [2.24, 2.45) is 0 Å². The number of esters is 1. The van der Waals surface area contributed by atoms with Crippen LogP contribution in [0.25, 0.3) is 11.7 Å². The minimum Gasteiger partial charge on any atom is -0.465 e. The van der Waals surface area contributed by atoms with Crippen LogP contribution in [0.5, 0.6) is 0 Å². The predicted octanol–water partition coefficient (Wildman–Crippen LogP) is 1.39. The lowest BCUT2D eigenvalue weighted by molar-refractivity contribution is -0.135. The Morgan fingerprint density at radius 3 is 2.70 bits per heavy atom. The van der Waals surface area contributed by atoms with E-state index in [1.54, 1.807) is 30.5 Å². The Morgan fingerprint density at radius 2 is 2.07 bits per heavy atom. The number of nitrogens with zero attached hydrogens (tertiary/aromatic N) is 4. The largest absolute Gasteiger partial charge is 0.465 e. The molecule has 1 saturated heterocycles. The number of hydrogen-bond donors (Lipinski definition) is 0. The summed E-state index contributed by atoms with van der Waals surface area (Å²) >= 11 is 0. The van der Waals surface area contributed by atoms with Gasteiger partial charge in [-0.05, 0) is 32.1 Å². The molecule has 0 N–H and O–H groups in total. The van der Waals surface area contributed by atoms with Crippen molar-refractivity contribution in [1.29, 1.82) is 5.26 Å². The molecule has 2 aromatic rings. The van der Waals surface area contributed by atoms with Crippen LogP contribution in [0.2, 0.25) is 0 Å². The molecule has 0 bridgehead atoms. The van der Waals surface area contributed by atoms with E-state index < -0.39 is 5.97 Å². The van der Waals surface area contributed by atoms with Crippen molar-refractivity contribution < 1.29 is 14.3 Å². The van der Waals surface area contributed by atoms with Crippen molar-refractivity contribution in [2.75, 3.05) is 25.1 Å². The molecule has 3 heterocycles. The Kier molecular flexibility index (Phi) is 5.23. The third-order valence-corrected chi connectivity index (χ3v) is 4.28. The molecule has 27 heavy (non-hydrogen) atoms. The summed E-state index contributed by atoms with van der Waals surface area (Å²) in [5.41, 5.74) is 0.0295. The highest BCUT2D eigenvalue weighted by molar-refractivity contribution is 5.98. The minimum absolute atomic E-state index is 0.0438. The van der Waals surface area contributed by atoms with Gasteiger partial charge in [0.2, 0.25) is 0 Å². The first kappa shape index (κ1) is 18.6. The number of fused-ring (bicyclic) bond motifs is 1. The van der Waals surface area contributed by atoms with Gasteiger partial charge in [-0.1, -0.05) is 6.07 Å². The average molecular weight is 368 g/mol. The second-order valence-corrected chi connectivity index (χ2v) is 6.41. The van der Waals surface area contributed by atoms with E-state index in [4.69, 9.17) is 4.74 Å². The van der Waals surface area contributed by atoms with Gasteiger partial charge in [0, 0.05) is 19.3 Å². The van der Waals surface area contributed by atoms with Crippen molar-refractivity contribution in [3.05, 3.63) is 45.9 Å². The second-order valence-electron chi connectivity index (χ2n) is 6.41. The van der Waals surface area contributed by atoms with Crippen molar-refractivity contribution in [2.45, 2.75) is 26.1 Å². The molecule has 1 aliphatic rings. The maximum Gasteiger partial charge on any atom is 0.348 e. The van der Waals surface area contributed by atoms with Crippen LogP contribution in [-0.2, 0) is 14.3 Å². The second kappa shape index (κ2) is 7.60. The van der Waals surface area contributed by atoms with Crippen molar-refractivity contribution in [1.82, 2.24) is 9.38 Å². The van der Waals surface area contributed by atoms with Crippen LogP contribution in [0.3, 0.4) is 0 Å². The molecule has 0 saturated carbocycles. The predicted molar refractivity (Wildman–Crippen MR) is 99.3 cm³/mol. The zero-order chi connectivity index (χ0) is 19.6. The zero-order valence-electron chi connectivity index (χ0n) is 15.4. The number of aromatic nitrogens is 2. The Hall–Kier alpha value is -3.18. The Balaban J connectivity index is 2.25. The number of hydrogen-bond acceptors (Lipinski definition) is 7. The van der Waals surface area contributed by atoms with E-state index in [9.17, 15) is 14.9 Å². The third kappa shape index (κ3) is 3.68. The number of rotatable bonds is 3. The lowest BCUT2D eigenvalue weighted by atomic mass is 10.1. The zero-order valence-corrected chi connectivity index (χ0v) is 15.4. The van der Waals surface area contributed by atoms with Gasteiger partial charge in [0.25, 0.3) is 5.56 Å². The number of methoxy groups -OCH3 is 1. The number of carbonyl (C=O) groups is 1. The van der Waals surface area contributed by atoms with E-state index in [-0.39, 0.29) is 28.9 Å². The highest BCUT2D eigenvalue weighted by atomic mass is 16.5. The topological polar surface area (TPSA) is 96.9 Å². The van der Waals surface area contributed by atoms with Gasteiger partial charge in [-0.3, -0.25) is 9.20 Å². The van der Waals surface area contributed by atoms with Crippen LogP contribution in [0.1, 0.15) is 19.4 Å². The first-order valence-corrected chi connectivity index (χ1v) is 8.56. The highest BCUT2D eigenvalue weighted by Gasteiger charge is 2.27. The first-order valence-electron chi connectivity index (χ1n) is 8.56. The fraction of sp³-hybridized carbons (Fsp3) is 0.368. The molecule has 2 aromatic heterocycles. The molecule has 1 aliphatic heterocycles. The van der Waals surface area contributed by atoms with E-state index in [1.165, 1.54) is 17.6 Å². The Bertz CT molecular complexity index is 995. The van der Waals surface area contributed by atoms with Crippen molar-refractivity contribution >= 4 is 23.5 Å². The molecular weight excluding hydrogens is 348 g/mol. The molecule has 140 valence electrons. The summed E-state index contributed by atoms with van der Waals surface area (Å²) < 4.78 is 11.8. The number of morpholine rings is 1. The van der Waals surface area contributed by atoms with E-state index in [0.717, 1.165) is 0 Å². The highest BCUT2D eigenvalue weighted by Crippen LogP contribution is 2.23. The van der Waals surface area contributed by atoms with Crippen LogP contribution in [-0.4, -0.2) is 47.8 Å². The van der Waals surface area contributed by atoms with Gasteiger partial charge in [0.15, 0.2) is 0 Å². The maximum atomic E-state index is 13.1. The Morgan fingerprint density at radius 1 is 1.37 bits per heavy atom.